The molecule has 1 aromatic heterocycles. The maximum atomic E-state index is 12.3. The minimum atomic E-state index is -0.873. The van der Waals surface area contributed by atoms with Crippen molar-refractivity contribution >= 4 is 17.7 Å². The maximum Gasteiger partial charge on any atom is 0.355 e. The fourth-order valence-electron chi connectivity index (χ4n) is 3.07. The molecule has 6 heteroatoms. The second-order valence-electron chi connectivity index (χ2n) is 6.71. The Morgan fingerprint density at radius 1 is 1.29 bits per heavy atom. The summed E-state index contributed by atoms with van der Waals surface area (Å²) in [6.45, 7) is 5.13. The van der Waals surface area contributed by atoms with Gasteiger partial charge in [-0.15, -0.1) is 0 Å². The summed E-state index contributed by atoms with van der Waals surface area (Å²) in [5.41, 5.74) is 0.698. The van der Waals surface area contributed by atoms with Gasteiger partial charge in [0.1, 0.15) is 5.69 Å². The third kappa shape index (κ3) is 4.24. The standard InChI is InChI=1S/C18H26N2O4/c1-11-7-5-6-8-15(11)19-17(22)13(3)24-18(23)16-9-14(12(2)21)10-20(16)4/h9-11,13,15H,5-8H2,1-4H3,(H,19,22)/t11-,13-,15+/m1/s1. The van der Waals surface area contributed by atoms with E-state index in [-0.39, 0.29) is 23.4 Å². The number of carbonyl (C=O) groups excluding carboxylic acids is 3. The van der Waals surface area contributed by atoms with Crippen LogP contribution in [0.1, 0.15) is 67.3 Å². The monoisotopic (exact) mass is 334 g/mol. The molecule has 132 valence electrons. The molecule has 1 amide bonds. The molecule has 1 fully saturated rings. The topological polar surface area (TPSA) is 77.4 Å². The molecular formula is C18H26N2O4. The van der Waals surface area contributed by atoms with Gasteiger partial charge in [-0.3, -0.25) is 9.59 Å². The van der Waals surface area contributed by atoms with Gasteiger partial charge in [-0.2, -0.15) is 0 Å². The Balaban J connectivity index is 1.95. The van der Waals surface area contributed by atoms with Crippen molar-refractivity contribution in [1.29, 1.82) is 0 Å². The van der Waals surface area contributed by atoms with E-state index in [0.717, 1.165) is 19.3 Å². The summed E-state index contributed by atoms with van der Waals surface area (Å²) in [7, 11) is 1.66. The fourth-order valence-corrected chi connectivity index (χ4v) is 3.07. The number of carbonyl (C=O) groups is 3. The number of aromatic nitrogens is 1. The van der Waals surface area contributed by atoms with E-state index in [1.807, 2.05) is 0 Å². The Kier molecular flexibility index (Phi) is 5.80. The summed E-state index contributed by atoms with van der Waals surface area (Å²) < 4.78 is 6.80. The highest BCUT2D eigenvalue weighted by Gasteiger charge is 2.27. The zero-order chi connectivity index (χ0) is 17.9. The molecule has 2 rings (SSSR count). The van der Waals surface area contributed by atoms with Gasteiger partial charge in [-0.1, -0.05) is 19.8 Å². The number of aryl methyl sites for hydroxylation is 1. The zero-order valence-electron chi connectivity index (χ0n) is 14.8. The molecular weight excluding hydrogens is 308 g/mol. The summed E-state index contributed by atoms with van der Waals surface area (Å²) in [6.07, 6.45) is 5.09. The van der Waals surface area contributed by atoms with Gasteiger partial charge < -0.3 is 14.6 Å². The Bertz CT molecular complexity index is 635. The summed E-state index contributed by atoms with van der Waals surface area (Å²) in [6, 6.07) is 1.63. The number of hydrogen-bond donors (Lipinski definition) is 1. The predicted molar refractivity (Wildman–Crippen MR) is 89.9 cm³/mol. The lowest BCUT2D eigenvalue weighted by Crippen LogP contribution is -2.46. The number of rotatable bonds is 5. The summed E-state index contributed by atoms with van der Waals surface area (Å²) in [5, 5.41) is 2.99. The minimum absolute atomic E-state index is 0.123. The van der Waals surface area contributed by atoms with Crippen molar-refractivity contribution in [2.75, 3.05) is 0 Å². The Morgan fingerprint density at radius 2 is 1.96 bits per heavy atom. The van der Waals surface area contributed by atoms with Gasteiger partial charge >= 0.3 is 5.97 Å². The first kappa shape index (κ1) is 18.2. The van der Waals surface area contributed by atoms with Crippen molar-refractivity contribution in [2.24, 2.45) is 13.0 Å². The average Bonchev–Trinajstić information content (AvgIpc) is 2.91. The van der Waals surface area contributed by atoms with Gasteiger partial charge in [0, 0.05) is 24.8 Å². The van der Waals surface area contributed by atoms with E-state index >= 15 is 0 Å². The van der Waals surface area contributed by atoms with E-state index < -0.39 is 12.1 Å². The normalized spacial score (nSPS) is 21.8. The van der Waals surface area contributed by atoms with Crippen LogP contribution in [0.2, 0.25) is 0 Å². The molecule has 1 heterocycles. The molecule has 3 atom stereocenters. The molecule has 0 aromatic carbocycles. The number of amides is 1. The highest BCUT2D eigenvalue weighted by Crippen LogP contribution is 2.23. The van der Waals surface area contributed by atoms with E-state index in [2.05, 4.69) is 12.2 Å². The number of esters is 1. The van der Waals surface area contributed by atoms with Crippen LogP contribution in [0.25, 0.3) is 0 Å². The highest BCUT2D eigenvalue weighted by molar-refractivity contribution is 5.98. The van der Waals surface area contributed by atoms with Crippen molar-refractivity contribution in [1.82, 2.24) is 9.88 Å². The molecule has 0 radical (unpaired) electrons. The summed E-state index contributed by atoms with van der Waals surface area (Å²) in [5.74, 6) is -0.564. The van der Waals surface area contributed by atoms with E-state index in [1.165, 1.54) is 24.0 Å². The van der Waals surface area contributed by atoms with Gasteiger partial charge in [0.25, 0.3) is 5.91 Å². The molecule has 0 unspecified atom stereocenters. The van der Waals surface area contributed by atoms with Crippen LogP contribution in [-0.2, 0) is 16.6 Å². The van der Waals surface area contributed by atoms with Gasteiger partial charge in [0.15, 0.2) is 11.9 Å². The van der Waals surface area contributed by atoms with Crippen LogP contribution in [0, 0.1) is 5.92 Å². The van der Waals surface area contributed by atoms with Crippen LogP contribution in [0.3, 0.4) is 0 Å². The number of nitrogens with one attached hydrogen (secondary N) is 1. The van der Waals surface area contributed by atoms with Gasteiger partial charge in [-0.25, -0.2) is 4.79 Å². The molecule has 0 bridgehead atoms. The van der Waals surface area contributed by atoms with Gasteiger partial charge in [0.05, 0.1) is 0 Å². The molecule has 24 heavy (non-hydrogen) atoms. The second-order valence-corrected chi connectivity index (χ2v) is 6.71. The molecule has 1 aliphatic carbocycles. The molecule has 0 aliphatic heterocycles. The van der Waals surface area contributed by atoms with Crippen molar-refractivity contribution in [2.45, 2.75) is 58.6 Å². The molecule has 1 aliphatic rings. The lowest BCUT2D eigenvalue weighted by molar-refractivity contribution is -0.130. The first-order valence-electron chi connectivity index (χ1n) is 8.48. The van der Waals surface area contributed by atoms with E-state index in [1.54, 1.807) is 20.2 Å². The van der Waals surface area contributed by atoms with Crippen LogP contribution in [0.4, 0.5) is 0 Å². The largest absolute Gasteiger partial charge is 0.448 e. The van der Waals surface area contributed by atoms with Gasteiger partial charge in [-0.05, 0) is 38.7 Å². The van der Waals surface area contributed by atoms with E-state index in [0.29, 0.717) is 11.5 Å². The molecule has 1 N–H and O–H groups in total. The Hall–Kier alpha value is -2.11. The summed E-state index contributed by atoms with van der Waals surface area (Å²) >= 11 is 0. The van der Waals surface area contributed by atoms with E-state index in [4.69, 9.17) is 4.74 Å². The molecule has 6 nitrogen and oxygen atoms in total. The molecule has 1 aromatic rings. The molecule has 1 saturated carbocycles. The second kappa shape index (κ2) is 7.64. The minimum Gasteiger partial charge on any atom is -0.448 e. The number of nitrogens with zero attached hydrogens (tertiary/aromatic N) is 1. The first-order chi connectivity index (χ1) is 11.3. The van der Waals surface area contributed by atoms with Crippen molar-refractivity contribution in [3.8, 4) is 0 Å². The van der Waals surface area contributed by atoms with E-state index in [9.17, 15) is 14.4 Å². The first-order valence-corrected chi connectivity index (χ1v) is 8.48. The average molecular weight is 334 g/mol. The van der Waals surface area contributed by atoms with Crippen molar-refractivity contribution in [3.63, 3.8) is 0 Å². The van der Waals surface area contributed by atoms with Crippen LogP contribution in [0.5, 0.6) is 0 Å². The van der Waals surface area contributed by atoms with Gasteiger partial charge in [0.2, 0.25) is 0 Å². The Labute approximate surface area is 142 Å². The third-order valence-corrected chi connectivity index (χ3v) is 4.71. The molecule has 0 saturated heterocycles. The predicted octanol–water partition coefficient (Wildman–Crippen LogP) is 2.47. The lowest BCUT2D eigenvalue weighted by atomic mass is 9.86. The third-order valence-electron chi connectivity index (χ3n) is 4.71. The molecule has 0 spiro atoms. The number of ether oxygens (including phenoxy) is 1. The van der Waals surface area contributed by atoms with Crippen LogP contribution >= 0.6 is 0 Å². The number of hydrogen-bond acceptors (Lipinski definition) is 4. The quantitative estimate of drug-likeness (QED) is 0.663. The SMILES string of the molecule is CC(=O)c1cc(C(=O)O[C@H](C)C(=O)N[C@H]2CCCC[C@H]2C)n(C)c1. The van der Waals surface area contributed by atoms with Crippen LogP contribution in [-0.4, -0.2) is 34.4 Å². The smallest absolute Gasteiger partial charge is 0.355 e. The Morgan fingerprint density at radius 3 is 2.54 bits per heavy atom. The van der Waals surface area contributed by atoms with Crippen LogP contribution < -0.4 is 5.32 Å². The summed E-state index contributed by atoms with van der Waals surface area (Å²) in [4.78, 5) is 35.9. The van der Waals surface area contributed by atoms with Crippen molar-refractivity contribution < 1.29 is 19.1 Å². The zero-order valence-corrected chi connectivity index (χ0v) is 14.8. The number of Topliss-reactive ketones (excluding diaryl/α,β-unsaturated/α-hetero) is 1. The lowest BCUT2D eigenvalue weighted by Gasteiger charge is -2.30. The fraction of sp³-hybridized carbons (Fsp3) is 0.611. The highest BCUT2D eigenvalue weighted by atomic mass is 16.5. The van der Waals surface area contributed by atoms with Crippen molar-refractivity contribution in [3.05, 3.63) is 23.5 Å². The number of ketones is 1. The van der Waals surface area contributed by atoms with Crippen LogP contribution in [0.15, 0.2) is 12.3 Å². The maximum absolute atomic E-state index is 12.3.